The highest BCUT2D eigenvalue weighted by Crippen LogP contribution is 2.27. The van der Waals surface area contributed by atoms with Gasteiger partial charge in [-0.2, -0.15) is 0 Å². The third kappa shape index (κ3) is 9.76. The summed E-state index contributed by atoms with van der Waals surface area (Å²) < 4.78 is 20.7. The van der Waals surface area contributed by atoms with Crippen molar-refractivity contribution in [3.63, 3.8) is 0 Å². The van der Waals surface area contributed by atoms with E-state index >= 15 is 0 Å². The number of nitrogens with one attached hydrogen (secondary N) is 1. The molecule has 1 N–H and O–H groups in total. The summed E-state index contributed by atoms with van der Waals surface area (Å²) >= 11 is 6.94. The molecule has 0 bridgehead atoms. The van der Waals surface area contributed by atoms with Crippen LogP contribution in [0, 0.1) is 11.7 Å². The molecule has 2 saturated heterocycles. The molecule has 0 spiro atoms. The van der Waals surface area contributed by atoms with Gasteiger partial charge in [0.05, 0.1) is 0 Å². The van der Waals surface area contributed by atoms with Crippen molar-refractivity contribution in [3.05, 3.63) is 68.4 Å². The quantitative estimate of drug-likeness (QED) is 0.305. The smallest absolute Gasteiger partial charge is 0.407 e. The summed E-state index contributed by atoms with van der Waals surface area (Å²) in [5, 5.41) is 2.93. The topological polar surface area (TPSA) is 65.1 Å². The lowest BCUT2D eigenvalue weighted by Gasteiger charge is -2.48. The Kier molecular flexibility index (Phi) is 11.5. The maximum absolute atomic E-state index is 13.7. The van der Waals surface area contributed by atoms with Gasteiger partial charge in [-0.1, -0.05) is 44.0 Å². The summed E-state index contributed by atoms with van der Waals surface area (Å²) in [7, 11) is 1.83. The van der Waals surface area contributed by atoms with E-state index < -0.39 is 5.60 Å². The molecule has 42 heavy (non-hydrogen) atoms. The minimum Gasteiger partial charge on any atom is -0.444 e. The minimum atomic E-state index is -0.479. The largest absolute Gasteiger partial charge is 0.444 e. The highest BCUT2D eigenvalue weighted by molar-refractivity contribution is 9.11. The van der Waals surface area contributed by atoms with Crippen molar-refractivity contribution < 1.29 is 18.7 Å². The van der Waals surface area contributed by atoms with Crippen molar-refractivity contribution in [2.45, 2.75) is 57.6 Å². The van der Waals surface area contributed by atoms with Crippen LogP contribution in [0.25, 0.3) is 0 Å². The lowest BCUT2D eigenvalue weighted by molar-refractivity contribution is 0.0120. The molecule has 7 nitrogen and oxygen atoms in total. The number of rotatable bonds is 10. The van der Waals surface area contributed by atoms with Gasteiger partial charge >= 0.3 is 6.09 Å². The van der Waals surface area contributed by atoms with Crippen LogP contribution in [0.4, 0.5) is 9.18 Å². The lowest BCUT2D eigenvalue weighted by atomic mass is 9.92. The molecule has 2 amide bonds. The van der Waals surface area contributed by atoms with E-state index in [2.05, 4.69) is 47.0 Å². The Hall–Kier alpha value is -2.01. The summed E-state index contributed by atoms with van der Waals surface area (Å²) in [6.45, 7) is 12.0. The fraction of sp³-hybridized carbons (Fsp3) is 0.562. The number of nitrogens with zero attached hydrogens (tertiary/aromatic N) is 3. The minimum absolute atomic E-state index is 0.0437. The van der Waals surface area contributed by atoms with Crippen molar-refractivity contribution in [3.8, 4) is 0 Å². The number of likely N-dealkylation sites (tertiary alicyclic amines) is 2. The molecule has 2 fully saturated rings. The molecule has 2 aliphatic heterocycles. The number of carbonyl (C=O) groups is 2. The molecule has 2 aromatic carbocycles. The van der Waals surface area contributed by atoms with Crippen LogP contribution in [0.2, 0.25) is 0 Å². The summed E-state index contributed by atoms with van der Waals surface area (Å²) in [5.41, 5.74) is 1.19. The predicted molar refractivity (Wildman–Crippen MR) is 171 cm³/mol. The zero-order valence-corrected chi connectivity index (χ0v) is 28.2. The second-order valence-electron chi connectivity index (χ2n) is 12.7. The second-order valence-corrected chi connectivity index (χ2v) is 14.5. The molecule has 0 saturated carbocycles. The van der Waals surface area contributed by atoms with Crippen molar-refractivity contribution in [1.82, 2.24) is 20.0 Å². The molecule has 0 radical (unpaired) electrons. The van der Waals surface area contributed by atoms with E-state index in [1.54, 1.807) is 4.90 Å². The molecule has 230 valence electrons. The molecule has 2 aromatic rings. The molecular weight excluding hydrogens is 667 g/mol. The Labute approximate surface area is 266 Å². The van der Waals surface area contributed by atoms with E-state index in [1.807, 2.05) is 58.2 Å². The fourth-order valence-electron chi connectivity index (χ4n) is 5.77. The molecule has 10 heteroatoms. The number of likely N-dealkylation sites (N-methyl/N-ethyl adjacent to an activating group) is 1. The van der Waals surface area contributed by atoms with Crippen molar-refractivity contribution in [2.75, 3.05) is 52.9 Å². The van der Waals surface area contributed by atoms with Gasteiger partial charge in [0.15, 0.2) is 0 Å². The summed E-state index contributed by atoms with van der Waals surface area (Å²) in [5.74, 6) is 0.287. The van der Waals surface area contributed by atoms with Gasteiger partial charge in [0.25, 0.3) is 5.91 Å². The Morgan fingerprint density at radius 1 is 1.07 bits per heavy atom. The van der Waals surface area contributed by atoms with Gasteiger partial charge in [-0.25, -0.2) is 9.18 Å². The highest BCUT2D eigenvalue weighted by Gasteiger charge is 2.34. The van der Waals surface area contributed by atoms with Gasteiger partial charge in [0.1, 0.15) is 11.4 Å². The Bertz CT molecular complexity index is 1190. The fourth-order valence-corrected chi connectivity index (χ4v) is 7.06. The molecule has 2 aliphatic rings. The number of ether oxygens (including phenoxy) is 1. The number of piperidine rings is 1. The number of hydrogen-bond acceptors (Lipinski definition) is 5. The van der Waals surface area contributed by atoms with Crippen LogP contribution < -0.4 is 5.32 Å². The Balaban J connectivity index is 1.24. The van der Waals surface area contributed by atoms with E-state index in [1.165, 1.54) is 12.1 Å². The highest BCUT2D eigenvalue weighted by atomic mass is 79.9. The van der Waals surface area contributed by atoms with E-state index in [0.717, 1.165) is 66.5 Å². The lowest BCUT2D eigenvalue weighted by Crippen LogP contribution is -2.61. The van der Waals surface area contributed by atoms with Crippen LogP contribution in [0.5, 0.6) is 0 Å². The Morgan fingerprint density at radius 2 is 1.69 bits per heavy atom. The zero-order chi connectivity index (χ0) is 30.4. The van der Waals surface area contributed by atoms with Crippen molar-refractivity contribution >= 4 is 43.9 Å². The van der Waals surface area contributed by atoms with E-state index in [4.69, 9.17) is 4.74 Å². The first-order chi connectivity index (χ1) is 19.9. The second kappa shape index (κ2) is 14.6. The average molecular weight is 711 g/mol. The van der Waals surface area contributed by atoms with Gasteiger partial charge < -0.3 is 19.9 Å². The summed E-state index contributed by atoms with van der Waals surface area (Å²) in [6, 6.07) is 12.8. The number of alkyl carbamates (subject to hydrolysis) is 1. The number of hydrogen-bond donors (Lipinski definition) is 1. The van der Waals surface area contributed by atoms with Crippen LogP contribution >= 0.6 is 31.9 Å². The van der Waals surface area contributed by atoms with Crippen LogP contribution in [0.3, 0.4) is 0 Å². The van der Waals surface area contributed by atoms with Gasteiger partial charge in [0, 0.05) is 59.7 Å². The molecular formula is C32H43Br2FN4O3. The standard InChI is InChI=1S/C32H43Br2FN4O3/c1-32(2,3)42-31(41)36-18-22-9-13-39(14-10-22)29-20-38(21-29)12-11-24(23-5-7-28(35)8-6-23)19-37(4)30(40)25-15-26(33)17-27(34)16-25/h5-8,15-17,22,24,29H,9-14,18-21H2,1-4H3,(H,36,41)/t24-/m1/s1. The van der Waals surface area contributed by atoms with Crippen LogP contribution in [-0.2, 0) is 4.74 Å². The summed E-state index contributed by atoms with van der Waals surface area (Å²) in [6.07, 6.45) is 2.70. The van der Waals surface area contributed by atoms with Gasteiger partial charge in [-0.3, -0.25) is 9.69 Å². The van der Waals surface area contributed by atoms with Gasteiger partial charge in [0.2, 0.25) is 0 Å². The number of amides is 2. The van der Waals surface area contributed by atoms with Crippen molar-refractivity contribution in [2.24, 2.45) is 5.92 Å². The maximum Gasteiger partial charge on any atom is 0.407 e. The zero-order valence-electron chi connectivity index (χ0n) is 25.0. The molecule has 4 rings (SSSR count). The first kappa shape index (κ1) is 32.9. The van der Waals surface area contributed by atoms with E-state index in [-0.39, 0.29) is 23.7 Å². The average Bonchev–Trinajstić information content (AvgIpc) is 2.89. The number of carbonyl (C=O) groups excluding carboxylic acids is 2. The van der Waals surface area contributed by atoms with Crippen molar-refractivity contribution in [1.29, 1.82) is 0 Å². The van der Waals surface area contributed by atoms with E-state index in [9.17, 15) is 14.0 Å². The normalized spacial score (nSPS) is 17.9. The predicted octanol–water partition coefficient (Wildman–Crippen LogP) is 6.52. The van der Waals surface area contributed by atoms with E-state index in [0.29, 0.717) is 30.6 Å². The number of benzene rings is 2. The van der Waals surface area contributed by atoms with Gasteiger partial charge in [-0.15, -0.1) is 0 Å². The molecule has 2 heterocycles. The summed E-state index contributed by atoms with van der Waals surface area (Å²) in [4.78, 5) is 32.0. The first-order valence-electron chi connectivity index (χ1n) is 14.8. The van der Waals surface area contributed by atoms with Crippen LogP contribution in [0.15, 0.2) is 51.4 Å². The maximum atomic E-state index is 13.7. The Morgan fingerprint density at radius 3 is 2.29 bits per heavy atom. The van der Waals surface area contributed by atoms with Gasteiger partial charge in [-0.05, 0) is 101 Å². The third-order valence-electron chi connectivity index (χ3n) is 8.12. The monoisotopic (exact) mass is 708 g/mol. The SMILES string of the molecule is CN(C[C@@H](CCN1CC(N2CCC(CNC(=O)OC(C)(C)C)CC2)C1)c1ccc(F)cc1)C(=O)c1cc(Br)cc(Br)c1. The van der Waals surface area contributed by atoms with Crippen LogP contribution in [0.1, 0.15) is 61.9 Å². The first-order valence-corrected chi connectivity index (χ1v) is 16.3. The molecule has 0 unspecified atom stereocenters. The molecule has 0 aliphatic carbocycles. The third-order valence-corrected chi connectivity index (χ3v) is 9.04. The van der Waals surface area contributed by atoms with Crippen LogP contribution in [-0.4, -0.2) is 91.2 Å². The molecule has 1 atom stereocenters. The molecule has 0 aromatic heterocycles. The number of halogens is 3.